The predicted molar refractivity (Wildman–Crippen MR) is 123 cm³/mol. The van der Waals surface area contributed by atoms with Crippen molar-refractivity contribution in [3.63, 3.8) is 0 Å². The first kappa shape index (κ1) is 26.7. The number of nitrogens with one attached hydrogen (secondary N) is 1. The number of alkyl halides is 5. The molecule has 3 aromatic heterocycles. The lowest BCUT2D eigenvalue weighted by atomic mass is 10.1. The van der Waals surface area contributed by atoms with Crippen molar-refractivity contribution in [2.24, 2.45) is 0 Å². The minimum atomic E-state index is -5.03. The van der Waals surface area contributed by atoms with E-state index in [1.165, 1.54) is 6.92 Å². The van der Waals surface area contributed by atoms with Crippen LogP contribution in [0.5, 0.6) is 11.6 Å². The predicted octanol–water partition coefficient (Wildman–Crippen LogP) is 5.57. The number of ether oxygens (including phenoxy) is 1. The zero-order valence-electron chi connectivity index (χ0n) is 18.4. The van der Waals surface area contributed by atoms with E-state index in [1.807, 2.05) is 4.98 Å². The van der Waals surface area contributed by atoms with Crippen molar-refractivity contribution in [3.8, 4) is 22.1 Å². The Hall–Kier alpha value is -3.36. The average molecular weight is 566 g/mol. The van der Waals surface area contributed by atoms with Crippen LogP contribution in [0.1, 0.15) is 17.6 Å². The van der Waals surface area contributed by atoms with Crippen LogP contribution in [0.25, 0.3) is 20.7 Å². The molecule has 0 saturated carbocycles. The van der Waals surface area contributed by atoms with E-state index >= 15 is 0 Å². The third kappa shape index (κ3) is 5.22. The number of fused-ring (bicyclic) bond motifs is 1. The Bertz CT molecular complexity index is 1620. The second-order valence-electron chi connectivity index (χ2n) is 7.76. The van der Waals surface area contributed by atoms with Crippen LogP contribution in [-0.2, 0) is 6.54 Å². The third-order valence-corrected chi connectivity index (χ3v) is 6.93. The first-order valence-corrected chi connectivity index (χ1v) is 11.4. The number of hydrogen-bond donors (Lipinski definition) is 2. The quantitative estimate of drug-likeness (QED) is 0.298. The zero-order valence-corrected chi connectivity index (χ0v) is 19.9. The molecule has 0 fully saturated rings. The van der Waals surface area contributed by atoms with Gasteiger partial charge in [-0.25, -0.2) is 22.9 Å². The summed E-state index contributed by atoms with van der Waals surface area (Å²) in [6.07, 6.45) is -9.88. The molecule has 15 heteroatoms. The van der Waals surface area contributed by atoms with E-state index in [4.69, 9.17) is 16.3 Å². The van der Waals surface area contributed by atoms with Gasteiger partial charge in [-0.05, 0) is 30.7 Å². The summed E-state index contributed by atoms with van der Waals surface area (Å²) in [7, 11) is 0. The number of halogens is 7. The fraction of sp³-hybridized carbons (Fsp3) is 0.227. The van der Waals surface area contributed by atoms with Gasteiger partial charge in [0.15, 0.2) is 6.10 Å². The van der Waals surface area contributed by atoms with Crippen molar-refractivity contribution in [2.75, 3.05) is 0 Å². The van der Waals surface area contributed by atoms with Crippen LogP contribution in [0.15, 0.2) is 40.1 Å². The fourth-order valence-corrected chi connectivity index (χ4v) is 4.94. The first-order chi connectivity index (χ1) is 17.3. The molecule has 0 bridgehead atoms. The van der Waals surface area contributed by atoms with Gasteiger partial charge >= 0.3 is 11.9 Å². The summed E-state index contributed by atoms with van der Waals surface area (Å²) < 4.78 is 85.7. The van der Waals surface area contributed by atoms with Gasteiger partial charge in [0.2, 0.25) is 5.88 Å². The van der Waals surface area contributed by atoms with Crippen LogP contribution < -0.4 is 16.0 Å². The molecule has 0 amide bonds. The van der Waals surface area contributed by atoms with Gasteiger partial charge < -0.3 is 9.84 Å². The van der Waals surface area contributed by atoms with Crippen LogP contribution in [-0.4, -0.2) is 31.9 Å². The highest BCUT2D eigenvalue weighted by Gasteiger charge is 2.39. The Kier molecular flexibility index (Phi) is 7.10. The molecule has 196 valence electrons. The number of aliphatic hydroxyl groups is 1. The lowest BCUT2D eigenvalue weighted by molar-refractivity contribution is -0.207. The molecule has 37 heavy (non-hydrogen) atoms. The zero-order chi connectivity index (χ0) is 27.2. The van der Waals surface area contributed by atoms with Gasteiger partial charge in [-0.2, -0.15) is 13.2 Å². The van der Waals surface area contributed by atoms with Crippen molar-refractivity contribution >= 4 is 33.2 Å². The largest absolute Gasteiger partial charge is 0.438 e. The number of benzene rings is 1. The Morgan fingerprint density at radius 2 is 1.95 bits per heavy atom. The Balaban J connectivity index is 1.82. The molecule has 4 rings (SSSR count). The molecule has 1 atom stereocenters. The summed E-state index contributed by atoms with van der Waals surface area (Å²) in [6.45, 7) is 0.230. The van der Waals surface area contributed by atoms with E-state index < -0.39 is 53.8 Å². The number of pyridine rings is 1. The highest BCUT2D eigenvalue weighted by molar-refractivity contribution is 7.22. The molecule has 0 spiro atoms. The molecule has 0 radical (unpaired) electrons. The maximum atomic E-state index is 13.9. The SMILES string of the molecule is Cc1c(-c2cnc(Oc3ccc(F)c(Cl)c3)c(C(F)F)c2)sc2c1c(=O)[nH]c(=O)n2C[C@@H](O)C(F)(F)F. The van der Waals surface area contributed by atoms with Crippen LogP contribution >= 0.6 is 22.9 Å². The molecular weight excluding hydrogens is 552 g/mol. The lowest BCUT2D eigenvalue weighted by Gasteiger charge is -2.15. The van der Waals surface area contributed by atoms with Gasteiger partial charge in [-0.1, -0.05) is 11.6 Å². The van der Waals surface area contributed by atoms with Crippen LogP contribution in [0.2, 0.25) is 5.02 Å². The highest BCUT2D eigenvalue weighted by atomic mass is 35.5. The minimum absolute atomic E-state index is 0.0632. The van der Waals surface area contributed by atoms with E-state index in [2.05, 4.69) is 4.98 Å². The van der Waals surface area contributed by atoms with Crippen molar-refractivity contribution in [1.82, 2.24) is 14.5 Å². The fourth-order valence-electron chi connectivity index (χ4n) is 3.48. The van der Waals surface area contributed by atoms with Gasteiger partial charge in [0, 0.05) is 22.7 Å². The number of nitrogens with zero attached hydrogens (tertiary/aromatic N) is 2. The van der Waals surface area contributed by atoms with E-state index in [-0.39, 0.29) is 37.0 Å². The average Bonchev–Trinajstić information content (AvgIpc) is 3.15. The standard InChI is InChI=1S/C22H14ClF6N3O4S/c1-8-15-18(34)31-21(35)32(7-14(33)22(27,28)29)20(15)37-16(8)9-4-11(17(25)26)19(30-6-9)36-10-2-3-13(24)12(23)5-10/h2-6,14,17,33H,7H2,1H3,(H,31,34,35)/t14-/m1/s1. The van der Waals surface area contributed by atoms with Gasteiger partial charge in [0.25, 0.3) is 12.0 Å². The number of aliphatic hydroxyl groups excluding tert-OH is 1. The Morgan fingerprint density at radius 3 is 2.57 bits per heavy atom. The minimum Gasteiger partial charge on any atom is -0.438 e. The topological polar surface area (TPSA) is 97.2 Å². The van der Waals surface area contributed by atoms with E-state index in [0.717, 1.165) is 30.5 Å². The first-order valence-electron chi connectivity index (χ1n) is 10.2. The number of aromatic nitrogens is 3. The number of rotatable bonds is 6. The molecular formula is C22H14ClF6N3O4S. The summed E-state index contributed by atoms with van der Waals surface area (Å²) in [5.74, 6) is -1.32. The van der Waals surface area contributed by atoms with Gasteiger partial charge in [-0.15, -0.1) is 11.3 Å². The Labute approximate surface area is 211 Å². The molecule has 0 aliphatic carbocycles. The van der Waals surface area contributed by atoms with Gasteiger partial charge in [0.1, 0.15) is 16.4 Å². The molecule has 1 aromatic carbocycles. The monoisotopic (exact) mass is 565 g/mol. The second-order valence-corrected chi connectivity index (χ2v) is 9.17. The van der Waals surface area contributed by atoms with Crippen molar-refractivity contribution in [2.45, 2.75) is 32.2 Å². The lowest BCUT2D eigenvalue weighted by Crippen LogP contribution is -2.38. The summed E-state index contributed by atoms with van der Waals surface area (Å²) in [4.78, 5) is 30.5. The van der Waals surface area contributed by atoms with Crippen molar-refractivity contribution in [3.05, 3.63) is 73.3 Å². The normalized spacial score (nSPS) is 12.9. The maximum absolute atomic E-state index is 13.9. The summed E-state index contributed by atoms with van der Waals surface area (Å²) in [6, 6.07) is 4.21. The van der Waals surface area contributed by atoms with Crippen LogP contribution in [0.4, 0.5) is 26.3 Å². The van der Waals surface area contributed by atoms with Crippen LogP contribution in [0, 0.1) is 12.7 Å². The maximum Gasteiger partial charge on any atom is 0.416 e. The highest BCUT2D eigenvalue weighted by Crippen LogP contribution is 2.40. The number of aryl methyl sites for hydroxylation is 1. The Morgan fingerprint density at radius 1 is 1.24 bits per heavy atom. The summed E-state index contributed by atoms with van der Waals surface area (Å²) in [5.41, 5.74) is -2.49. The molecule has 2 N–H and O–H groups in total. The third-order valence-electron chi connectivity index (χ3n) is 5.28. The number of aromatic amines is 1. The van der Waals surface area contributed by atoms with Crippen molar-refractivity contribution in [1.29, 1.82) is 0 Å². The smallest absolute Gasteiger partial charge is 0.416 e. The van der Waals surface area contributed by atoms with Crippen molar-refractivity contribution < 1.29 is 36.2 Å². The number of H-pyrrole nitrogens is 1. The molecule has 0 unspecified atom stereocenters. The van der Waals surface area contributed by atoms with Gasteiger partial charge in [0.05, 0.1) is 22.5 Å². The molecule has 0 saturated heterocycles. The molecule has 0 aliphatic heterocycles. The molecule has 3 heterocycles. The summed E-state index contributed by atoms with van der Waals surface area (Å²) >= 11 is 6.38. The number of hydrogen-bond acceptors (Lipinski definition) is 6. The van der Waals surface area contributed by atoms with Crippen LogP contribution in [0.3, 0.4) is 0 Å². The molecule has 7 nitrogen and oxygen atoms in total. The second kappa shape index (κ2) is 9.84. The van der Waals surface area contributed by atoms with E-state index in [0.29, 0.717) is 15.9 Å². The number of thiophene rings is 1. The molecule has 4 aromatic rings. The van der Waals surface area contributed by atoms with Gasteiger partial charge in [-0.3, -0.25) is 14.3 Å². The van der Waals surface area contributed by atoms with E-state index in [9.17, 15) is 41.0 Å². The van der Waals surface area contributed by atoms with E-state index in [1.54, 1.807) is 0 Å². The molecule has 0 aliphatic rings. The summed E-state index contributed by atoms with van der Waals surface area (Å²) in [5, 5.41) is 9.01.